The lowest BCUT2D eigenvalue weighted by Crippen LogP contribution is -2.42. The van der Waals surface area contributed by atoms with Gasteiger partial charge < -0.3 is 9.47 Å². The summed E-state index contributed by atoms with van der Waals surface area (Å²) in [5.74, 6) is 0.216. The predicted molar refractivity (Wildman–Crippen MR) is 111 cm³/mol. The van der Waals surface area contributed by atoms with Crippen LogP contribution in [-0.2, 0) is 11.2 Å². The number of carbonyl (C=O) groups is 2. The summed E-state index contributed by atoms with van der Waals surface area (Å²) in [5, 5.41) is 1.89. The Morgan fingerprint density at radius 1 is 0.929 bits per heavy atom. The second-order valence-electron chi connectivity index (χ2n) is 5.99. The normalized spacial score (nSPS) is 10.4. The van der Waals surface area contributed by atoms with Gasteiger partial charge in [0, 0.05) is 10.0 Å². The quantitative estimate of drug-likeness (QED) is 0.591. The molecule has 3 rings (SSSR count). The molecule has 3 aromatic carbocycles. The molecule has 28 heavy (non-hydrogen) atoms. The lowest BCUT2D eigenvalue weighted by atomic mass is 10.0. The van der Waals surface area contributed by atoms with Gasteiger partial charge in [-0.25, -0.2) is 0 Å². The number of hydrazine groups is 1. The highest BCUT2D eigenvalue weighted by atomic mass is 79.9. The van der Waals surface area contributed by atoms with E-state index in [1.165, 1.54) is 7.11 Å². The number of carbonyl (C=O) groups excluding carboxylic acids is 2. The number of hydrogen-bond acceptors (Lipinski definition) is 4. The van der Waals surface area contributed by atoms with E-state index in [9.17, 15) is 9.59 Å². The molecule has 0 radical (unpaired) electrons. The molecule has 6 nitrogen and oxygen atoms in total. The predicted octanol–water partition coefficient (Wildman–Crippen LogP) is 3.62. The first-order valence-corrected chi connectivity index (χ1v) is 9.30. The maximum absolute atomic E-state index is 12.5. The average Bonchev–Trinajstić information content (AvgIpc) is 2.72. The number of amides is 2. The van der Waals surface area contributed by atoms with Crippen molar-refractivity contribution in [3.8, 4) is 11.5 Å². The van der Waals surface area contributed by atoms with Gasteiger partial charge >= 0.3 is 0 Å². The second-order valence-corrected chi connectivity index (χ2v) is 6.91. The van der Waals surface area contributed by atoms with Crippen LogP contribution in [0.25, 0.3) is 10.8 Å². The molecule has 7 heteroatoms. The van der Waals surface area contributed by atoms with Gasteiger partial charge in [-0.3, -0.25) is 20.4 Å². The molecule has 0 aliphatic carbocycles. The Morgan fingerprint density at radius 2 is 1.68 bits per heavy atom. The zero-order valence-corrected chi connectivity index (χ0v) is 17.0. The maximum atomic E-state index is 12.5. The van der Waals surface area contributed by atoms with E-state index < -0.39 is 5.91 Å². The molecule has 0 bridgehead atoms. The number of nitrogens with one attached hydrogen (secondary N) is 2. The Hall–Kier alpha value is -3.06. The summed E-state index contributed by atoms with van der Waals surface area (Å²) in [6.45, 7) is 0. The van der Waals surface area contributed by atoms with Gasteiger partial charge in [-0.15, -0.1) is 0 Å². The Kier molecular flexibility index (Phi) is 6.16. The molecular weight excluding hydrogens is 424 g/mol. The third-order valence-electron chi connectivity index (χ3n) is 4.27. The number of methoxy groups -OCH3 is 2. The molecular formula is C21H19BrN2O4. The standard InChI is InChI=1S/C21H19BrN2O4/c1-27-18-6-4-3-5-16(18)21(26)24-23-20(25)12-17-15-9-8-14(22)11-13(15)7-10-19(17)28-2/h3-11H,12H2,1-2H3,(H,23,25)(H,24,26). The Labute approximate surface area is 170 Å². The molecule has 2 amide bonds. The van der Waals surface area contributed by atoms with Crippen LogP contribution in [0.1, 0.15) is 15.9 Å². The van der Waals surface area contributed by atoms with Crippen LogP contribution in [0.5, 0.6) is 11.5 Å². The van der Waals surface area contributed by atoms with Crippen molar-refractivity contribution in [3.63, 3.8) is 0 Å². The molecule has 0 atom stereocenters. The van der Waals surface area contributed by atoms with Gasteiger partial charge in [-0.2, -0.15) is 0 Å². The van der Waals surface area contributed by atoms with Gasteiger partial charge in [0.15, 0.2) is 0 Å². The van der Waals surface area contributed by atoms with Crippen molar-refractivity contribution in [1.29, 1.82) is 0 Å². The number of para-hydroxylation sites is 1. The molecule has 0 unspecified atom stereocenters. The van der Waals surface area contributed by atoms with E-state index in [0.29, 0.717) is 17.1 Å². The monoisotopic (exact) mass is 442 g/mol. The molecule has 0 aromatic heterocycles. The van der Waals surface area contributed by atoms with Crippen molar-refractivity contribution in [3.05, 3.63) is 70.2 Å². The van der Waals surface area contributed by atoms with Crippen LogP contribution in [0.15, 0.2) is 59.1 Å². The molecule has 0 aliphatic rings. The molecule has 0 aliphatic heterocycles. The van der Waals surface area contributed by atoms with Gasteiger partial charge in [-0.05, 0) is 41.1 Å². The van der Waals surface area contributed by atoms with Gasteiger partial charge in [0.2, 0.25) is 5.91 Å². The summed E-state index contributed by atoms with van der Waals surface area (Å²) in [5.41, 5.74) is 5.95. The topological polar surface area (TPSA) is 76.7 Å². The Balaban J connectivity index is 1.75. The van der Waals surface area contributed by atoms with E-state index >= 15 is 0 Å². The largest absolute Gasteiger partial charge is 0.496 e. The zero-order valence-electron chi connectivity index (χ0n) is 15.4. The minimum atomic E-state index is -0.459. The summed E-state index contributed by atoms with van der Waals surface area (Å²) in [6, 6.07) is 16.3. The number of rotatable bonds is 5. The van der Waals surface area contributed by atoms with Crippen molar-refractivity contribution in [2.24, 2.45) is 0 Å². The summed E-state index contributed by atoms with van der Waals surface area (Å²) in [7, 11) is 3.04. The van der Waals surface area contributed by atoms with Crippen molar-refractivity contribution in [2.75, 3.05) is 14.2 Å². The fraction of sp³-hybridized carbons (Fsp3) is 0.143. The van der Waals surface area contributed by atoms with Crippen LogP contribution in [0, 0.1) is 0 Å². The van der Waals surface area contributed by atoms with E-state index in [-0.39, 0.29) is 12.3 Å². The number of hydrogen-bond donors (Lipinski definition) is 2. The van der Waals surface area contributed by atoms with Crippen molar-refractivity contribution < 1.29 is 19.1 Å². The van der Waals surface area contributed by atoms with Gasteiger partial charge in [0.25, 0.3) is 5.91 Å². The average molecular weight is 443 g/mol. The smallest absolute Gasteiger partial charge is 0.273 e. The molecule has 3 aromatic rings. The molecule has 0 heterocycles. The number of halogens is 1. The Morgan fingerprint density at radius 3 is 2.43 bits per heavy atom. The van der Waals surface area contributed by atoms with Crippen LogP contribution >= 0.6 is 15.9 Å². The molecule has 0 saturated carbocycles. The van der Waals surface area contributed by atoms with Crippen molar-refractivity contribution in [2.45, 2.75) is 6.42 Å². The van der Waals surface area contributed by atoms with E-state index in [1.54, 1.807) is 31.4 Å². The Bertz CT molecular complexity index is 1040. The lowest BCUT2D eigenvalue weighted by molar-refractivity contribution is -0.121. The minimum Gasteiger partial charge on any atom is -0.496 e. The maximum Gasteiger partial charge on any atom is 0.273 e. The SMILES string of the molecule is COc1ccccc1C(=O)NNC(=O)Cc1c(OC)ccc2cc(Br)ccc12. The van der Waals surface area contributed by atoms with E-state index in [0.717, 1.165) is 20.8 Å². The van der Waals surface area contributed by atoms with Gasteiger partial charge in [-0.1, -0.05) is 40.2 Å². The van der Waals surface area contributed by atoms with Crippen LogP contribution in [0.2, 0.25) is 0 Å². The van der Waals surface area contributed by atoms with E-state index in [1.807, 2.05) is 30.3 Å². The number of ether oxygens (including phenoxy) is 2. The fourth-order valence-corrected chi connectivity index (χ4v) is 3.33. The first kappa shape index (κ1) is 19.7. The molecule has 2 N–H and O–H groups in total. The lowest BCUT2D eigenvalue weighted by Gasteiger charge is -2.13. The van der Waals surface area contributed by atoms with Crippen LogP contribution in [0.4, 0.5) is 0 Å². The highest BCUT2D eigenvalue weighted by Crippen LogP contribution is 2.30. The number of fused-ring (bicyclic) bond motifs is 1. The van der Waals surface area contributed by atoms with E-state index in [4.69, 9.17) is 9.47 Å². The van der Waals surface area contributed by atoms with Crippen molar-refractivity contribution in [1.82, 2.24) is 10.9 Å². The third kappa shape index (κ3) is 4.26. The first-order valence-electron chi connectivity index (χ1n) is 8.51. The highest BCUT2D eigenvalue weighted by molar-refractivity contribution is 9.10. The second kappa shape index (κ2) is 8.75. The molecule has 0 fully saturated rings. The van der Waals surface area contributed by atoms with Gasteiger partial charge in [0.05, 0.1) is 26.2 Å². The third-order valence-corrected chi connectivity index (χ3v) is 4.77. The summed E-state index contributed by atoms with van der Waals surface area (Å²) in [4.78, 5) is 24.8. The summed E-state index contributed by atoms with van der Waals surface area (Å²) in [6.07, 6.45) is 0.0500. The first-order chi connectivity index (χ1) is 13.5. The van der Waals surface area contributed by atoms with Crippen LogP contribution in [0.3, 0.4) is 0 Å². The summed E-state index contributed by atoms with van der Waals surface area (Å²) < 4.78 is 11.5. The van der Waals surface area contributed by atoms with E-state index in [2.05, 4.69) is 26.8 Å². The minimum absolute atomic E-state index is 0.0500. The number of benzene rings is 3. The zero-order chi connectivity index (χ0) is 20.1. The van der Waals surface area contributed by atoms with Crippen LogP contribution in [-0.4, -0.2) is 26.0 Å². The fourth-order valence-electron chi connectivity index (χ4n) is 2.95. The molecule has 0 saturated heterocycles. The summed E-state index contributed by atoms with van der Waals surface area (Å²) >= 11 is 3.45. The van der Waals surface area contributed by atoms with Gasteiger partial charge in [0.1, 0.15) is 11.5 Å². The van der Waals surface area contributed by atoms with Crippen molar-refractivity contribution >= 4 is 38.5 Å². The highest BCUT2D eigenvalue weighted by Gasteiger charge is 2.15. The van der Waals surface area contributed by atoms with Crippen LogP contribution < -0.4 is 20.3 Å². The molecule has 144 valence electrons. The molecule has 0 spiro atoms.